The molecule has 0 radical (unpaired) electrons. The molecule has 0 saturated carbocycles. The van der Waals surface area contributed by atoms with E-state index in [9.17, 15) is 4.79 Å². The van der Waals surface area contributed by atoms with Gasteiger partial charge in [0.1, 0.15) is 5.01 Å². The van der Waals surface area contributed by atoms with Crippen LogP contribution in [0.3, 0.4) is 0 Å². The molecule has 7 heteroatoms. The minimum absolute atomic E-state index is 0.227. The zero-order chi connectivity index (χ0) is 14.8. The van der Waals surface area contributed by atoms with Crippen LogP contribution in [0.15, 0.2) is 22.0 Å². The standard InChI is InChI=1S/C14H12BrNO4S/c1-18-12(17)3-2-9-6-21-14(16-9)8-4-10(15)13-11(5-8)19-7-20-13/h4-6H,2-3,7H2,1H3. The molecular weight excluding hydrogens is 358 g/mol. The van der Waals surface area contributed by atoms with Crippen LogP contribution in [0.5, 0.6) is 11.5 Å². The number of thiazole rings is 1. The second-order valence-electron chi connectivity index (χ2n) is 4.41. The van der Waals surface area contributed by atoms with Gasteiger partial charge in [-0.2, -0.15) is 0 Å². The Labute approximate surface area is 134 Å². The summed E-state index contributed by atoms with van der Waals surface area (Å²) in [6.07, 6.45) is 0.916. The summed E-state index contributed by atoms with van der Waals surface area (Å²) in [5.74, 6) is 1.21. The first kappa shape index (κ1) is 14.3. The van der Waals surface area contributed by atoms with Crippen LogP contribution in [0, 0.1) is 0 Å². The zero-order valence-electron chi connectivity index (χ0n) is 11.2. The third-order valence-electron chi connectivity index (χ3n) is 3.04. The maximum absolute atomic E-state index is 11.2. The highest BCUT2D eigenvalue weighted by Crippen LogP contribution is 2.42. The van der Waals surface area contributed by atoms with Crippen molar-refractivity contribution in [2.45, 2.75) is 12.8 Å². The summed E-state index contributed by atoms with van der Waals surface area (Å²) < 4.78 is 16.2. The van der Waals surface area contributed by atoms with Crippen LogP contribution in [-0.2, 0) is 16.0 Å². The van der Waals surface area contributed by atoms with Gasteiger partial charge < -0.3 is 14.2 Å². The molecule has 0 amide bonds. The highest BCUT2D eigenvalue weighted by atomic mass is 79.9. The maximum Gasteiger partial charge on any atom is 0.305 e. The van der Waals surface area contributed by atoms with E-state index >= 15 is 0 Å². The molecule has 21 heavy (non-hydrogen) atoms. The molecule has 0 N–H and O–H groups in total. The largest absolute Gasteiger partial charge is 0.469 e. The number of methoxy groups -OCH3 is 1. The molecule has 0 fully saturated rings. The van der Waals surface area contributed by atoms with Crippen LogP contribution in [-0.4, -0.2) is 24.9 Å². The summed E-state index contributed by atoms with van der Waals surface area (Å²) in [6.45, 7) is 0.236. The van der Waals surface area contributed by atoms with Crippen LogP contribution in [0.25, 0.3) is 10.6 Å². The number of benzene rings is 1. The first-order valence-corrected chi connectivity index (χ1v) is 7.95. The molecule has 0 bridgehead atoms. The Morgan fingerprint density at radius 3 is 3.14 bits per heavy atom. The van der Waals surface area contributed by atoms with Gasteiger partial charge in [-0.1, -0.05) is 0 Å². The second-order valence-corrected chi connectivity index (χ2v) is 6.12. The molecule has 3 rings (SSSR count). The summed E-state index contributed by atoms with van der Waals surface area (Å²) in [5, 5.41) is 2.84. The van der Waals surface area contributed by atoms with Crippen molar-refractivity contribution in [3.63, 3.8) is 0 Å². The predicted octanol–water partition coefficient (Wildman–Crippen LogP) is 3.41. The molecule has 5 nitrogen and oxygen atoms in total. The predicted molar refractivity (Wildman–Crippen MR) is 81.7 cm³/mol. The number of ether oxygens (including phenoxy) is 3. The van der Waals surface area contributed by atoms with E-state index in [1.54, 1.807) is 0 Å². The molecular formula is C14H12BrNO4S. The summed E-state index contributed by atoms with van der Waals surface area (Å²) in [7, 11) is 1.39. The van der Waals surface area contributed by atoms with Gasteiger partial charge in [0.2, 0.25) is 6.79 Å². The monoisotopic (exact) mass is 369 g/mol. The van der Waals surface area contributed by atoms with Crippen molar-refractivity contribution in [2.75, 3.05) is 13.9 Å². The molecule has 0 unspecified atom stereocenters. The third-order valence-corrected chi connectivity index (χ3v) is 4.57. The Bertz CT molecular complexity index is 686. The Balaban J connectivity index is 1.80. The van der Waals surface area contributed by atoms with Crippen molar-refractivity contribution in [1.29, 1.82) is 0 Å². The summed E-state index contributed by atoms with van der Waals surface area (Å²) in [5.41, 5.74) is 1.84. The lowest BCUT2D eigenvalue weighted by Crippen LogP contribution is -2.01. The van der Waals surface area contributed by atoms with Crippen LogP contribution in [0.2, 0.25) is 0 Å². The number of halogens is 1. The van der Waals surface area contributed by atoms with Gasteiger partial charge in [0.05, 0.1) is 23.7 Å². The molecule has 0 saturated heterocycles. The van der Waals surface area contributed by atoms with Gasteiger partial charge in [-0.3, -0.25) is 4.79 Å². The highest BCUT2D eigenvalue weighted by molar-refractivity contribution is 9.10. The van der Waals surface area contributed by atoms with Crippen LogP contribution >= 0.6 is 27.3 Å². The lowest BCUT2D eigenvalue weighted by molar-refractivity contribution is -0.140. The topological polar surface area (TPSA) is 57.7 Å². The summed E-state index contributed by atoms with van der Waals surface area (Å²) in [4.78, 5) is 15.7. The summed E-state index contributed by atoms with van der Waals surface area (Å²) >= 11 is 5.01. The average Bonchev–Trinajstić information content (AvgIpc) is 3.13. The number of hydrogen-bond donors (Lipinski definition) is 0. The Kier molecular flexibility index (Phi) is 4.12. The van der Waals surface area contributed by atoms with Crippen molar-refractivity contribution in [3.8, 4) is 22.1 Å². The fourth-order valence-corrected chi connectivity index (χ4v) is 3.38. The molecule has 2 heterocycles. The molecule has 1 aliphatic rings. The minimum Gasteiger partial charge on any atom is -0.469 e. The molecule has 1 aliphatic heterocycles. The first-order chi connectivity index (χ1) is 10.2. The number of nitrogens with zero attached hydrogens (tertiary/aromatic N) is 1. The third kappa shape index (κ3) is 3.03. The zero-order valence-corrected chi connectivity index (χ0v) is 13.6. The number of carbonyl (C=O) groups is 1. The van der Waals surface area contributed by atoms with Crippen molar-refractivity contribution in [3.05, 3.63) is 27.7 Å². The van der Waals surface area contributed by atoms with Gasteiger partial charge in [0.15, 0.2) is 11.5 Å². The van der Waals surface area contributed by atoms with E-state index in [0.29, 0.717) is 18.6 Å². The number of aromatic nitrogens is 1. The number of aryl methyl sites for hydroxylation is 1. The molecule has 2 aromatic rings. The van der Waals surface area contributed by atoms with Crippen LogP contribution < -0.4 is 9.47 Å². The van der Waals surface area contributed by atoms with Crippen molar-refractivity contribution >= 4 is 33.2 Å². The fourth-order valence-electron chi connectivity index (χ4n) is 1.98. The van der Waals surface area contributed by atoms with Crippen molar-refractivity contribution in [1.82, 2.24) is 4.98 Å². The molecule has 0 aliphatic carbocycles. The van der Waals surface area contributed by atoms with Gasteiger partial charge in [0.25, 0.3) is 0 Å². The Morgan fingerprint density at radius 2 is 2.33 bits per heavy atom. The quantitative estimate of drug-likeness (QED) is 0.772. The van der Waals surface area contributed by atoms with Gasteiger partial charge in [-0.15, -0.1) is 11.3 Å². The Hall–Kier alpha value is -1.60. The minimum atomic E-state index is -0.227. The molecule has 1 aromatic carbocycles. The lowest BCUT2D eigenvalue weighted by atomic mass is 10.2. The van der Waals surface area contributed by atoms with E-state index in [4.69, 9.17) is 9.47 Å². The second kappa shape index (κ2) is 6.03. The molecule has 0 atom stereocenters. The highest BCUT2D eigenvalue weighted by Gasteiger charge is 2.19. The van der Waals surface area contributed by atoms with Crippen LogP contribution in [0.4, 0.5) is 0 Å². The molecule has 110 valence electrons. The van der Waals surface area contributed by atoms with Crippen LogP contribution in [0.1, 0.15) is 12.1 Å². The molecule has 1 aromatic heterocycles. The van der Waals surface area contributed by atoms with Crippen molar-refractivity contribution < 1.29 is 19.0 Å². The van der Waals surface area contributed by atoms with E-state index < -0.39 is 0 Å². The molecule has 0 spiro atoms. The van der Waals surface area contributed by atoms with E-state index in [1.807, 2.05) is 17.5 Å². The van der Waals surface area contributed by atoms with E-state index in [1.165, 1.54) is 18.4 Å². The van der Waals surface area contributed by atoms with E-state index in [0.717, 1.165) is 26.5 Å². The van der Waals surface area contributed by atoms with Crippen molar-refractivity contribution in [2.24, 2.45) is 0 Å². The first-order valence-electron chi connectivity index (χ1n) is 6.28. The number of rotatable bonds is 4. The average molecular weight is 370 g/mol. The SMILES string of the molecule is COC(=O)CCc1csc(-c2cc(Br)c3c(c2)OCO3)n1. The number of esters is 1. The maximum atomic E-state index is 11.2. The smallest absolute Gasteiger partial charge is 0.305 e. The number of fused-ring (bicyclic) bond motifs is 1. The van der Waals surface area contributed by atoms with Gasteiger partial charge in [0, 0.05) is 17.4 Å². The van der Waals surface area contributed by atoms with Gasteiger partial charge in [-0.05, 0) is 28.1 Å². The lowest BCUT2D eigenvalue weighted by Gasteiger charge is -2.02. The number of hydrogen-bond acceptors (Lipinski definition) is 6. The van der Waals surface area contributed by atoms with E-state index in [2.05, 4.69) is 25.7 Å². The van der Waals surface area contributed by atoms with Gasteiger partial charge in [-0.25, -0.2) is 4.98 Å². The summed E-state index contributed by atoms with van der Waals surface area (Å²) in [6, 6.07) is 3.87. The normalized spacial score (nSPS) is 12.5. The van der Waals surface area contributed by atoms with E-state index in [-0.39, 0.29) is 12.8 Å². The van der Waals surface area contributed by atoms with Gasteiger partial charge >= 0.3 is 5.97 Å². The Morgan fingerprint density at radius 1 is 1.48 bits per heavy atom. The number of carbonyl (C=O) groups excluding carboxylic acids is 1. The fraction of sp³-hybridized carbons (Fsp3) is 0.286.